The molecule has 0 unspecified atom stereocenters. The van der Waals surface area contributed by atoms with Gasteiger partial charge in [0, 0.05) is 31.9 Å². The lowest BCUT2D eigenvalue weighted by Crippen LogP contribution is -2.49. The first-order chi connectivity index (χ1) is 17.0. The molecule has 2 aromatic carbocycles. The number of aromatic nitrogens is 1. The van der Waals surface area contributed by atoms with Crippen molar-refractivity contribution < 1.29 is 13.9 Å². The van der Waals surface area contributed by atoms with Crippen molar-refractivity contribution in [2.24, 2.45) is 0 Å². The largest absolute Gasteiger partial charge is 0.381 e. The first kappa shape index (κ1) is 23.7. The Hall–Kier alpha value is -3.05. The minimum absolute atomic E-state index is 0.0614. The van der Waals surface area contributed by atoms with Gasteiger partial charge >= 0.3 is 0 Å². The number of hydrogen-bond donors (Lipinski definition) is 0. The monoisotopic (exact) mass is 472 g/mol. The standard InChI is InChI=1S/C30H33FN2O2/c1-21-17-22(2)19-24(18-21)30(12-15-35-16-13-30)29(34)33-14-6-11-28(33)27-10-5-8-25(32-27)20-23-7-3-4-9-26(23)31/h3-5,7-10,17-19,28H,6,11-16,20H2,1-2H3/t28-/m0/s1. The first-order valence-electron chi connectivity index (χ1n) is 12.6. The zero-order valence-electron chi connectivity index (χ0n) is 20.6. The molecule has 0 spiro atoms. The summed E-state index contributed by atoms with van der Waals surface area (Å²) in [6.07, 6.45) is 3.67. The van der Waals surface area contributed by atoms with Crippen molar-refractivity contribution >= 4 is 5.91 Å². The van der Waals surface area contributed by atoms with Crippen LogP contribution in [0.4, 0.5) is 4.39 Å². The number of amides is 1. The number of ether oxygens (including phenoxy) is 1. The summed E-state index contributed by atoms with van der Waals surface area (Å²) in [5.41, 5.74) is 5.25. The average molecular weight is 473 g/mol. The number of carbonyl (C=O) groups is 1. The number of benzene rings is 2. The molecular formula is C30H33FN2O2. The molecule has 1 amide bonds. The molecule has 35 heavy (non-hydrogen) atoms. The third-order valence-electron chi connectivity index (χ3n) is 7.54. The lowest BCUT2D eigenvalue weighted by Gasteiger charge is -2.41. The second-order valence-electron chi connectivity index (χ2n) is 10.0. The van der Waals surface area contributed by atoms with Gasteiger partial charge in [0.2, 0.25) is 5.91 Å². The maximum absolute atomic E-state index is 14.3. The van der Waals surface area contributed by atoms with Gasteiger partial charge in [-0.2, -0.15) is 0 Å². The molecule has 0 N–H and O–H groups in total. The van der Waals surface area contributed by atoms with Crippen LogP contribution in [0, 0.1) is 19.7 Å². The lowest BCUT2D eigenvalue weighted by molar-refractivity contribution is -0.142. The molecule has 182 valence electrons. The van der Waals surface area contributed by atoms with E-state index in [1.807, 2.05) is 24.3 Å². The summed E-state index contributed by atoms with van der Waals surface area (Å²) < 4.78 is 19.9. The number of likely N-dealkylation sites (tertiary alicyclic amines) is 1. The van der Waals surface area contributed by atoms with Gasteiger partial charge in [-0.3, -0.25) is 9.78 Å². The van der Waals surface area contributed by atoms with Crippen molar-refractivity contribution in [3.63, 3.8) is 0 Å². The van der Waals surface area contributed by atoms with Crippen molar-refractivity contribution in [2.45, 2.75) is 57.4 Å². The van der Waals surface area contributed by atoms with Gasteiger partial charge in [-0.05, 0) is 68.9 Å². The van der Waals surface area contributed by atoms with Gasteiger partial charge < -0.3 is 9.64 Å². The second kappa shape index (κ2) is 9.90. The van der Waals surface area contributed by atoms with E-state index in [0.29, 0.717) is 38.0 Å². The number of nitrogens with zero attached hydrogens (tertiary/aromatic N) is 2. The molecular weight excluding hydrogens is 439 g/mol. The molecule has 0 radical (unpaired) electrons. The average Bonchev–Trinajstić information content (AvgIpc) is 3.35. The summed E-state index contributed by atoms with van der Waals surface area (Å²) in [5, 5.41) is 0. The maximum Gasteiger partial charge on any atom is 0.233 e. The van der Waals surface area contributed by atoms with Crippen LogP contribution in [0.25, 0.3) is 0 Å². The van der Waals surface area contributed by atoms with Crippen molar-refractivity contribution in [1.82, 2.24) is 9.88 Å². The molecule has 5 heteroatoms. The van der Waals surface area contributed by atoms with Gasteiger partial charge in [0.1, 0.15) is 5.82 Å². The van der Waals surface area contributed by atoms with Crippen molar-refractivity contribution in [2.75, 3.05) is 19.8 Å². The molecule has 0 aliphatic carbocycles. The Labute approximate surface area is 207 Å². The normalized spacial score (nSPS) is 19.6. The number of halogens is 1. The Balaban J connectivity index is 1.46. The number of pyridine rings is 1. The highest BCUT2D eigenvalue weighted by Gasteiger charge is 2.47. The molecule has 2 aliphatic rings. The minimum Gasteiger partial charge on any atom is -0.381 e. The fourth-order valence-corrected chi connectivity index (χ4v) is 5.81. The van der Waals surface area contributed by atoms with Crippen LogP contribution in [0.1, 0.15) is 65.4 Å². The van der Waals surface area contributed by atoms with Crippen LogP contribution in [0.2, 0.25) is 0 Å². The Morgan fingerprint density at radius 2 is 1.80 bits per heavy atom. The number of carbonyl (C=O) groups excluding carboxylic acids is 1. The van der Waals surface area contributed by atoms with Gasteiger partial charge in [-0.15, -0.1) is 0 Å². The van der Waals surface area contributed by atoms with E-state index in [1.165, 1.54) is 17.2 Å². The quantitative estimate of drug-likeness (QED) is 0.469. The van der Waals surface area contributed by atoms with Crippen LogP contribution >= 0.6 is 0 Å². The van der Waals surface area contributed by atoms with E-state index in [2.05, 4.69) is 36.9 Å². The third-order valence-corrected chi connectivity index (χ3v) is 7.54. The molecule has 2 fully saturated rings. The van der Waals surface area contributed by atoms with Crippen LogP contribution in [0.15, 0.2) is 60.7 Å². The summed E-state index contributed by atoms with van der Waals surface area (Å²) in [6, 6.07) is 19.2. The van der Waals surface area contributed by atoms with Crippen LogP contribution in [-0.2, 0) is 21.4 Å². The summed E-state index contributed by atoms with van der Waals surface area (Å²) in [7, 11) is 0. The Bertz CT molecular complexity index is 1200. The molecule has 3 heterocycles. The van der Waals surface area contributed by atoms with E-state index >= 15 is 0 Å². The van der Waals surface area contributed by atoms with E-state index in [4.69, 9.17) is 9.72 Å². The Morgan fingerprint density at radius 3 is 2.54 bits per heavy atom. The zero-order chi connectivity index (χ0) is 24.4. The van der Waals surface area contributed by atoms with E-state index in [-0.39, 0.29) is 17.8 Å². The van der Waals surface area contributed by atoms with E-state index in [9.17, 15) is 9.18 Å². The van der Waals surface area contributed by atoms with Gasteiger partial charge in [0.05, 0.1) is 17.2 Å². The second-order valence-corrected chi connectivity index (χ2v) is 10.0. The van der Waals surface area contributed by atoms with E-state index in [1.54, 1.807) is 12.1 Å². The fourth-order valence-electron chi connectivity index (χ4n) is 5.81. The van der Waals surface area contributed by atoms with E-state index in [0.717, 1.165) is 36.3 Å². The molecule has 2 saturated heterocycles. The molecule has 2 aliphatic heterocycles. The number of hydrogen-bond acceptors (Lipinski definition) is 3. The Kier molecular flexibility index (Phi) is 6.70. The fraction of sp³-hybridized carbons (Fsp3) is 0.400. The van der Waals surface area contributed by atoms with Crippen LogP contribution < -0.4 is 0 Å². The molecule has 1 aromatic heterocycles. The summed E-state index contributed by atoms with van der Waals surface area (Å²) in [4.78, 5) is 21.3. The van der Waals surface area contributed by atoms with E-state index < -0.39 is 5.41 Å². The molecule has 5 rings (SSSR count). The molecule has 1 atom stereocenters. The predicted molar refractivity (Wildman–Crippen MR) is 135 cm³/mol. The van der Waals surface area contributed by atoms with Crippen LogP contribution in [0.3, 0.4) is 0 Å². The van der Waals surface area contributed by atoms with Crippen LogP contribution in [-0.4, -0.2) is 35.5 Å². The molecule has 0 bridgehead atoms. The molecule has 0 saturated carbocycles. The SMILES string of the molecule is Cc1cc(C)cc(C2(C(=O)N3CCC[C@H]3c3cccc(Cc4ccccc4F)n3)CCOCC2)c1. The highest BCUT2D eigenvalue weighted by atomic mass is 19.1. The molecule has 3 aromatic rings. The predicted octanol–water partition coefficient (Wildman–Crippen LogP) is 5.84. The first-order valence-corrected chi connectivity index (χ1v) is 12.6. The van der Waals surface area contributed by atoms with Gasteiger partial charge in [-0.25, -0.2) is 4.39 Å². The topological polar surface area (TPSA) is 42.4 Å². The van der Waals surface area contributed by atoms with Gasteiger partial charge in [0.15, 0.2) is 0 Å². The smallest absolute Gasteiger partial charge is 0.233 e. The number of aryl methyl sites for hydroxylation is 2. The van der Waals surface area contributed by atoms with Crippen molar-refractivity contribution in [3.05, 3.63) is 100 Å². The number of rotatable bonds is 5. The lowest BCUT2D eigenvalue weighted by atomic mass is 9.72. The molecule has 4 nitrogen and oxygen atoms in total. The highest BCUT2D eigenvalue weighted by Crippen LogP contribution is 2.42. The van der Waals surface area contributed by atoms with Crippen molar-refractivity contribution in [3.8, 4) is 0 Å². The summed E-state index contributed by atoms with van der Waals surface area (Å²) in [6.45, 7) is 6.10. The zero-order valence-corrected chi connectivity index (χ0v) is 20.6. The van der Waals surface area contributed by atoms with Gasteiger partial charge in [0.25, 0.3) is 0 Å². The third kappa shape index (κ3) is 4.74. The minimum atomic E-state index is -0.567. The van der Waals surface area contributed by atoms with Gasteiger partial charge in [-0.1, -0.05) is 53.6 Å². The highest BCUT2D eigenvalue weighted by molar-refractivity contribution is 5.89. The maximum atomic E-state index is 14.3. The Morgan fingerprint density at radius 1 is 1.06 bits per heavy atom. The van der Waals surface area contributed by atoms with Crippen molar-refractivity contribution in [1.29, 1.82) is 0 Å². The van der Waals surface area contributed by atoms with Crippen LogP contribution in [0.5, 0.6) is 0 Å². The summed E-state index contributed by atoms with van der Waals surface area (Å²) >= 11 is 0. The summed E-state index contributed by atoms with van der Waals surface area (Å²) in [5.74, 6) is -0.0260.